The lowest BCUT2D eigenvalue weighted by molar-refractivity contribution is 0.0535. The summed E-state index contributed by atoms with van der Waals surface area (Å²) in [6.07, 6.45) is 0.550. The van der Waals surface area contributed by atoms with Crippen molar-refractivity contribution < 1.29 is 14.6 Å². The second kappa shape index (κ2) is 6.37. The van der Waals surface area contributed by atoms with Crippen molar-refractivity contribution in [3.63, 3.8) is 0 Å². The molecule has 0 spiro atoms. The molecule has 1 aromatic rings. The first-order valence-corrected chi connectivity index (χ1v) is 7.28. The first-order valence-electron chi connectivity index (χ1n) is 7.28. The molecule has 0 aromatic heterocycles. The lowest BCUT2D eigenvalue weighted by Gasteiger charge is -2.24. The summed E-state index contributed by atoms with van der Waals surface area (Å²) in [6.45, 7) is 9.06. The van der Waals surface area contributed by atoms with Crippen LogP contribution in [0.15, 0.2) is 12.1 Å². The minimum atomic E-state index is -0.525. The molecule has 1 unspecified atom stereocenters. The Kier molecular flexibility index (Phi) is 4.78. The van der Waals surface area contributed by atoms with Gasteiger partial charge in [-0.05, 0) is 43.6 Å². The van der Waals surface area contributed by atoms with Gasteiger partial charge >= 0.3 is 5.97 Å². The van der Waals surface area contributed by atoms with Gasteiger partial charge in [0.2, 0.25) is 0 Å². The van der Waals surface area contributed by atoms with Crippen LogP contribution >= 0.6 is 0 Å². The number of hydrogen-bond acceptors (Lipinski definition) is 4. The second-order valence-electron chi connectivity index (χ2n) is 5.29. The van der Waals surface area contributed by atoms with Gasteiger partial charge in [0.1, 0.15) is 6.61 Å². The summed E-state index contributed by atoms with van der Waals surface area (Å²) in [6, 6.07) is 3.62. The average molecular weight is 277 g/mol. The maximum absolute atomic E-state index is 11.5. The van der Waals surface area contributed by atoms with E-state index in [0.717, 1.165) is 36.2 Å². The normalized spacial score (nSPS) is 15.3. The molecule has 1 aliphatic heterocycles. The smallest absolute Gasteiger partial charge is 0.338 e. The fourth-order valence-corrected chi connectivity index (χ4v) is 2.77. The van der Waals surface area contributed by atoms with Crippen molar-refractivity contribution in [2.45, 2.75) is 39.9 Å². The number of carbonyl (C=O) groups is 1. The molecule has 1 N–H and O–H groups in total. The predicted molar refractivity (Wildman–Crippen MR) is 77.7 cm³/mol. The Balaban J connectivity index is 2.19. The average Bonchev–Trinajstić information content (AvgIpc) is 2.81. The van der Waals surface area contributed by atoms with E-state index in [0.29, 0.717) is 18.7 Å². The standard InChI is InChI=1S/C16H23NO3/c1-4-8-17(5-2)9-15(18)12-6-7-13-14(11(12)3)10-20-16(13)19/h6-7,15,18H,4-5,8-10H2,1-3H3. The van der Waals surface area contributed by atoms with Crippen LogP contribution in [0.25, 0.3) is 0 Å². The van der Waals surface area contributed by atoms with E-state index < -0.39 is 6.10 Å². The number of hydrogen-bond donors (Lipinski definition) is 1. The fraction of sp³-hybridized carbons (Fsp3) is 0.562. The van der Waals surface area contributed by atoms with Gasteiger partial charge in [-0.15, -0.1) is 0 Å². The predicted octanol–water partition coefficient (Wildman–Crippen LogP) is 2.43. The molecule has 1 aliphatic rings. The number of aliphatic hydroxyl groups is 1. The van der Waals surface area contributed by atoms with Gasteiger partial charge in [-0.1, -0.05) is 19.9 Å². The summed E-state index contributed by atoms with van der Waals surface area (Å²) in [4.78, 5) is 13.8. The van der Waals surface area contributed by atoms with Gasteiger partial charge in [0.15, 0.2) is 0 Å². The number of cyclic esters (lactones) is 1. The number of carbonyl (C=O) groups excluding carboxylic acids is 1. The van der Waals surface area contributed by atoms with E-state index in [9.17, 15) is 9.90 Å². The van der Waals surface area contributed by atoms with Crippen LogP contribution in [-0.4, -0.2) is 35.6 Å². The number of esters is 1. The number of ether oxygens (including phenoxy) is 1. The van der Waals surface area contributed by atoms with Gasteiger partial charge in [0.25, 0.3) is 0 Å². The van der Waals surface area contributed by atoms with Gasteiger partial charge < -0.3 is 14.7 Å². The first kappa shape index (κ1) is 15.0. The van der Waals surface area contributed by atoms with Crippen LogP contribution in [0.5, 0.6) is 0 Å². The van der Waals surface area contributed by atoms with Crippen molar-refractivity contribution in [1.82, 2.24) is 4.90 Å². The van der Waals surface area contributed by atoms with Crippen LogP contribution in [0.2, 0.25) is 0 Å². The summed E-state index contributed by atoms with van der Waals surface area (Å²) < 4.78 is 5.05. The number of benzene rings is 1. The molecule has 110 valence electrons. The van der Waals surface area contributed by atoms with Gasteiger partial charge in [-0.3, -0.25) is 0 Å². The highest BCUT2D eigenvalue weighted by Crippen LogP contribution is 2.29. The van der Waals surface area contributed by atoms with Gasteiger partial charge in [0, 0.05) is 12.1 Å². The summed E-state index contributed by atoms with van der Waals surface area (Å²) in [5.74, 6) is -0.259. The molecule has 1 heterocycles. The molecule has 0 saturated heterocycles. The third-order valence-electron chi connectivity index (χ3n) is 3.99. The van der Waals surface area contributed by atoms with E-state index in [1.54, 1.807) is 6.07 Å². The summed E-state index contributed by atoms with van der Waals surface area (Å²) in [5, 5.41) is 10.5. The minimum Gasteiger partial charge on any atom is -0.457 e. The molecule has 4 nitrogen and oxygen atoms in total. The lowest BCUT2D eigenvalue weighted by atomic mass is 9.95. The fourth-order valence-electron chi connectivity index (χ4n) is 2.77. The number of fused-ring (bicyclic) bond motifs is 1. The maximum Gasteiger partial charge on any atom is 0.338 e. The number of likely N-dealkylation sites (N-methyl/N-ethyl adjacent to an activating group) is 1. The molecule has 0 radical (unpaired) electrons. The SMILES string of the molecule is CCCN(CC)CC(O)c1ccc2c(c1C)COC2=O. The third-order valence-corrected chi connectivity index (χ3v) is 3.99. The summed E-state index contributed by atoms with van der Waals surface area (Å²) in [5.41, 5.74) is 3.44. The molecular weight excluding hydrogens is 254 g/mol. The van der Waals surface area contributed by atoms with Gasteiger partial charge in [-0.2, -0.15) is 0 Å². The third kappa shape index (κ3) is 2.86. The zero-order valence-electron chi connectivity index (χ0n) is 12.5. The van der Waals surface area contributed by atoms with E-state index in [2.05, 4.69) is 18.7 Å². The van der Waals surface area contributed by atoms with E-state index in [-0.39, 0.29) is 5.97 Å². The quantitative estimate of drug-likeness (QED) is 0.811. The van der Waals surface area contributed by atoms with Crippen LogP contribution in [0.1, 0.15) is 53.4 Å². The van der Waals surface area contributed by atoms with Crippen LogP contribution in [0, 0.1) is 6.92 Å². The van der Waals surface area contributed by atoms with Gasteiger partial charge in [-0.25, -0.2) is 4.79 Å². The van der Waals surface area contributed by atoms with E-state index in [1.807, 2.05) is 13.0 Å². The van der Waals surface area contributed by atoms with Crippen molar-refractivity contribution in [1.29, 1.82) is 0 Å². The second-order valence-corrected chi connectivity index (χ2v) is 5.29. The number of nitrogens with zero attached hydrogens (tertiary/aromatic N) is 1. The molecule has 0 amide bonds. The molecule has 20 heavy (non-hydrogen) atoms. The Bertz CT molecular complexity index is 499. The molecule has 0 aliphatic carbocycles. The Morgan fingerprint density at radius 3 is 2.80 bits per heavy atom. The van der Waals surface area contributed by atoms with Crippen LogP contribution in [0.3, 0.4) is 0 Å². The molecule has 1 atom stereocenters. The zero-order chi connectivity index (χ0) is 14.7. The molecule has 0 fully saturated rings. The largest absolute Gasteiger partial charge is 0.457 e. The van der Waals surface area contributed by atoms with E-state index in [1.165, 1.54) is 0 Å². The highest BCUT2D eigenvalue weighted by atomic mass is 16.5. The number of rotatable bonds is 6. The lowest BCUT2D eigenvalue weighted by Crippen LogP contribution is -2.29. The maximum atomic E-state index is 11.5. The molecule has 2 rings (SSSR count). The van der Waals surface area contributed by atoms with Gasteiger partial charge in [0.05, 0.1) is 11.7 Å². The van der Waals surface area contributed by atoms with E-state index in [4.69, 9.17) is 4.74 Å². The summed E-state index contributed by atoms with van der Waals surface area (Å²) >= 11 is 0. The topological polar surface area (TPSA) is 49.8 Å². The molecule has 0 saturated carbocycles. The van der Waals surface area contributed by atoms with Crippen molar-refractivity contribution in [3.8, 4) is 0 Å². The Morgan fingerprint density at radius 1 is 1.40 bits per heavy atom. The van der Waals surface area contributed by atoms with Crippen LogP contribution in [-0.2, 0) is 11.3 Å². The van der Waals surface area contributed by atoms with Crippen molar-refractivity contribution >= 4 is 5.97 Å². The molecular formula is C16H23NO3. The van der Waals surface area contributed by atoms with Crippen molar-refractivity contribution in [2.75, 3.05) is 19.6 Å². The van der Waals surface area contributed by atoms with Crippen molar-refractivity contribution in [3.05, 3.63) is 34.4 Å². The zero-order valence-corrected chi connectivity index (χ0v) is 12.5. The Morgan fingerprint density at radius 2 is 2.15 bits per heavy atom. The highest BCUT2D eigenvalue weighted by Gasteiger charge is 2.25. The Hall–Kier alpha value is -1.39. The van der Waals surface area contributed by atoms with Crippen LogP contribution < -0.4 is 0 Å². The van der Waals surface area contributed by atoms with Crippen molar-refractivity contribution in [2.24, 2.45) is 0 Å². The number of aliphatic hydroxyl groups excluding tert-OH is 1. The van der Waals surface area contributed by atoms with Crippen LogP contribution in [0.4, 0.5) is 0 Å². The minimum absolute atomic E-state index is 0.259. The molecule has 4 heteroatoms. The highest BCUT2D eigenvalue weighted by molar-refractivity contribution is 5.93. The Labute approximate surface area is 120 Å². The summed E-state index contributed by atoms with van der Waals surface area (Å²) in [7, 11) is 0. The first-order chi connectivity index (χ1) is 9.58. The van der Waals surface area contributed by atoms with E-state index >= 15 is 0 Å². The molecule has 0 bridgehead atoms. The molecule has 1 aromatic carbocycles. The monoisotopic (exact) mass is 277 g/mol.